The Bertz CT molecular complexity index is 729. The molecule has 1 radical (unpaired) electrons. The number of benzene rings is 2. The number of hydrogen-bond acceptors (Lipinski definition) is 0. The maximum absolute atomic E-state index is 2.38. The van der Waals surface area contributed by atoms with Crippen molar-refractivity contribution in [2.24, 2.45) is 0 Å². The van der Waals surface area contributed by atoms with Gasteiger partial charge >= 0.3 is 0 Å². The summed E-state index contributed by atoms with van der Waals surface area (Å²) in [4.78, 5) is 0. The summed E-state index contributed by atoms with van der Waals surface area (Å²) < 4.78 is 0. The van der Waals surface area contributed by atoms with Crippen molar-refractivity contribution in [1.29, 1.82) is 0 Å². The normalized spacial score (nSPS) is 14.2. The van der Waals surface area contributed by atoms with Crippen molar-refractivity contribution in [2.45, 2.75) is 52.4 Å². The van der Waals surface area contributed by atoms with Gasteiger partial charge in [-0.1, -0.05) is 90.1 Å². The second kappa shape index (κ2) is 5.37. The lowest BCUT2D eigenvalue weighted by atomic mass is 9.78. The lowest BCUT2D eigenvalue weighted by molar-refractivity contribution is 0.569. The first-order valence-corrected chi connectivity index (χ1v) is 8.47. The van der Waals surface area contributed by atoms with Gasteiger partial charge in [0.05, 0.1) is 0 Å². The Morgan fingerprint density at radius 2 is 1.35 bits per heavy atom. The van der Waals surface area contributed by atoms with Crippen LogP contribution >= 0.6 is 0 Å². The molecule has 0 amide bonds. The lowest BCUT2D eigenvalue weighted by Gasteiger charge is -2.26. The average molecular weight is 303 g/mol. The van der Waals surface area contributed by atoms with E-state index in [4.69, 9.17) is 0 Å². The van der Waals surface area contributed by atoms with E-state index in [1.807, 2.05) is 0 Å². The van der Waals surface area contributed by atoms with Crippen LogP contribution in [0.15, 0.2) is 42.5 Å². The SMILES string of the molecule is CC(C)(C)c1cc(-c2cccc3c2C=C[CH]3)cc(C(C)(C)C)c1. The predicted molar refractivity (Wildman–Crippen MR) is 102 cm³/mol. The molecule has 0 aromatic heterocycles. The molecule has 0 nitrogen and oxygen atoms in total. The van der Waals surface area contributed by atoms with Gasteiger partial charge in [0.2, 0.25) is 0 Å². The first kappa shape index (κ1) is 16.1. The molecule has 2 aromatic rings. The molecule has 3 rings (SSSR count). The second-order valence-electron chi connectivity index (χ2n) is 8.63. The highest BCUT2D eigenvalue weighted by molar-refractivity contribution is 5.82. The second-order valence-corrected chi connectivity index (χ2v) is 8.63. The minimum absolute atomic E-state index is 0.149. The fourth-order valence-corrected chi connectivity index (χ4v) is 3.06. The number of rotatable bonds is 1. The van der Waals surface area contributed by atoms with Gasteiger partial charge in [0.25, 0.3) is 0 Å². The summed E-state index contributed by atoms with van der Waals surface area (Å²) in [5.41, 5.74) is 8.45. The first-order chi connectivity index (χ1) is 10.7. The van der Waals surface area contributed by atoms with E-state index in [0.717, 1.165) is 0 Å². The van der Waals surface area contributed by atoms with E-state index in [9.17, 15) is 0 Å². The quantitative estimate of drug-likeness (QED) is 0.562. The minimum atomic E-state index is 0.149. The number of allylic oxidation sites excluding steroid dienone is 1. The highest BCUT2D eigenvalue weighted by Crippen LogP contribution is 2.37. The molecule has 0 saturated carbocycles. The molecule has 119 valence electrons. The fraction of sp³-hybridized carbons (Fsp3) is 0.348. The molecule has 0 N–H and O–H groups in total. The van der Waals surface area contributed by atoms with Crippen molar-refractivity contribution in [1.82, 2.24) is 0 Å². The zero-order chi connectivity index (χ0) is 16.8. The Kier molecular flexibility index (Phi) is 3.75. The highest BCUT2D eigenvalue weighted by Gasteiger charge is 2.22. The van der Waals surface area contributed by atoms with Gasteiger partial charge < -0.3 is 0 Å². The molecule has 23 heavy (non-hydrogen) atoms. The van der Waals surface area contributed by atoms with Gasteiger partial charge in [0.1, 0.15) is 0 Å². The summed E-state index contributed by atoms with van der Waals surface area (Å²) in [6.07, 6.45) is 6.56. The Morgan fingerprint density at radius 3 is 1.91 bits per heavy atom. The zero-order valence-corrected chi connectivity index (χ0v) is 15.2. The highest BCUT2D eigenvalue weighted by atomic mass is 14.3. The maximum Gasteiger partial charge on any atom is 0.0131 e. The van der Waals surface area contributed by atoms with Crippen molar-refractivity contribution in [3.05, 3.63) is 71.1 Å². The molecule has 0 aliphatic heterocycles. The van der Waals surface area contributed by atoms with Gasteiger partial charge in [-0.3, -0.25) is 0 Å². The minimum Gasteiger partial charge on any atom is -0.0754 e. The van der Waals surface area contributed by atoms with Gasteiger partial charge in [0.15, 0.2) is 0 Å². The van der Waals surface area contributed by atoms with Crippen LogP contribution in [0.1, 0.15) is 63.8 Å². The van der Waals surface area contributed by atoms with Gasteiger partial charge in [-0.15, -0.1) is 0 Å². The van der Waals surface area contributed by atoms with Crippen LogP contribution in [0.4, 0.5) is 0 Å². The zero-order valence-electron chi connectivity index (χ0n) is 15.2. The summed E-state index contributed by atoms with van der Waals surface area (Å²) in [5, 5.41) is 0. The summed E-state index contributed by atoms with van der Waals surface area (Å²) in [5.74, 6) is 0. The molecule has 0 bridgehead atoms. The van der Waals surface area contributed by atoms with Crippen LogP contribution in [-0.4, -0.2) is 0 Å². The largest absolute Gasteiger partial charge is 0.0754 e. The predicted octanol–water partition coefficient (Wildman–Crippen LogP) is 6.53. The van der Waals surface area contributed by atoms with Crippen molar-refractivity contribution < 1.29 is 0 Å². The van der Waals surface area contributed by atoms with Gasteiger partial charge in [0, 0.05) is 6.42 Å². The molecule has 0 fully saturated rings. The monoisotopic (exact) mass is 303 g/mol. The fourth-order valence-electron chi connectivity index (χ4n) is 3.06. The Hall–Kier alpha value is -1.82. The Morgan fingerprint density at radius 1 is 0.739 bits per heavy atom. The van der Waals surface area contributed by atoms with E-state index in [0.29, 0.717) is 0 Å². The van der Waals surface area contributed by atoms with Crippen LogP contribution in [0.3, 0.4) is 0 Å². The van der Waals surface area contributed by atoms with Crippen LogP contribution in [0.5, 0.6) is 0 Å². The molecule has 0 saturated heterocycles. The van der Waals surface area contributed by atoms with Crippen molar-refractivity contribution in [3.8, 4) is 11.1 Å². The molecular formula is C23H27. The Labute approximate surface area is 141 Å². The van der Waals surface area contributed by atoms with Crippen molar-refractivity contribution >= 4 is 6.08 Å². The summed E-state index contributed by atoms with van der Waals surface area (Å²) in [7, 11) is 0. The van der Waals surface area contributed by atoms with E-state index in [1.165, 1.54) is 33.4 Å². The molecule has 2 aromatic carbocycles. The lowest BCUT2D eigenvalue weighted by Crippen LogP contribution is -2.16. The van der Waals surface area contributed by atoms with Gasteiger partial charge in [-0.25, -0.2) is 0 Å². The van der Waals surface area contributed by atoms with E-state index in [2.05, 4.69) is 96.5 Å². The summed E-state index contributed by atoms with van der Waals surface area (Å²) in [6.45, 7) is 13.8. The molecule has 1 aliphatic carbocycles. The van der Waals surface area contributed by atoms with Gasteiger partial charge in [-0.05, 0) is 44.2 Å². The third-order valence-corrected chi connectivity index (χ3v) is 4.65. The van der Waals surface area contributed by atoms with Gasteiger partial charge in [-0.2, -0.15) is 0 Å². The van der Waals surface area contributed by atoms with Crippen LogP contribution < -0.4 is 0 Å². The molecule has 0 heterocycles. The van der Waals surface area contributed by atoms with Crippen LogP contribution in [-0.2, 0) is 10.8 Å². The van der Waals surface area contributed by atoms with Crippen LogP contribution in [0, 0.1) is 6.42 Å². The number of fused-ring (bicyclic) bond motifs is 1. The maximum atomic E-state index is 2.38. The molecule has 0 heteroatoms. The molecule has 0 unspecified atom stereocenters. The van der Waals surface area contributed by atoms with Crippen molar-refractivity contribution in [3.63, 3.8) is 0 Å². The smallest absolute Gasteiger partial charge is 0.0131 e. The molecular weight excluding hydrogens is 276 g/mol. The van der Waals surface area contributed by atoms with Crippen LogP contribution in [0.2, 0.25) is 0 Å². The van der Waals surface area contributed by atoms with E-state index in [-0.39, 0.29) is 10.8 Å². The topological polar surface area (TPSA) is 0 Å². The molecule has 0 atom stereocenters. The van der Waals surface area contributed by atoms with Crippen LogP contribution in [0.25, 0.3) is 17.2 Å². The van der Waals surface area contributed by atoms with E-state index < -0.39 is 0 Å². The first-order valence-electron chi connectivity index (χ1n) is 8.47. The summed E-state index contributed by atoms with van der Waals surface area (Å²) in [6, 6.07) is 13.7. The Balaban J connectivity index is 2.24. The molecule has 0 spiro atoms. The third-order valence-electron chi connectivity index (χ3n) is 4.65. The average Bonchev–Trinajstić information content (AvgIpc) is 2.93. The van der Waals surface area contributed by atoms with E-state index in [1.54, 1.807) is 0 Å². The van der Waals surface area contributed by atoms with Crippen molar-refractivity contribution in [2.75, 3.05) is 0 Å². The van der Waals surface area contributed by atoms with E-state index >= 15 is 0 Å². The molecule has 1 aliphatic rings. The third kappa shape index (κ3) is 3.13. The number of hydrogen-bond donors (Lipinski definition) is 0. The summed E-state index contributed by atoms with van der Waals surface area (Å²) >= 11 is 0. The standard InChI is InChI=1S/C23H27/c1-22(2,3)18-13-17(14-19(15-18)23(4,5)6)21-12-8-10-16-9-7-11-20(16)21/h7-15H,1-6H3.